The van der Waals surface area contributed by atoms with Gasteiger partial charge in [0.15, 0.2) is 0 Å². The zero-order valence-electron chi connectivity index (χ0n) is 6.38. The first kappa shape index (κ1) is 10.7. The maximum atomic E-state index is 8.56. The number of nitrogens with two attached hydrogens (primary N) is 3. The van der Waals surface area contributed by atoms with Crippen molar-refractivity contribution < 1.29 is 15.0 Å². The minimum Gasteiger partial charge on any atom is -0.450 e. The summed E-state index contributed by atoms with van der Waals surface area (Å²) in [5.74, 6) is 0.125. The Labute approximate surface area is 72.2 Å². The number of anilines is 3. The highest BCUT2D eigenvalue weighted by Crippen LogP contribution is 1.97. The third-order valence-corrected chi connectivity index (χ3v) is 0.687. The van der Waals surface area contributed by atoms with Gasteiger partial charge in [0.25, 0.3) is 0 Å². The third kappa shape index (κ3) is 6.09. The van der Waals surface area contributed by atoms with Crippen molar-refractivity contribution in [2.24, 2.45) is 0 Å². The first-order chi connectivity index (χ1) is 5.91. The highest BCUT2D eigenvalue weighted by atomic mass is 16.6. The van der Waals surface area contributed by atoms with Crippen LogP contribution in [-0.2, 0) is 0 Å². The molecule has 0 saturated heterocycles. The lowest BCUT2D eigenvalue weighted by Gasteiger charge is -1.93. The van der Waals surface area contributed by atoms with Crippen molar-refractivity contribution in [1.82, 2.24) is 15.0 Å². The van der Waals surface area contributed by atoms with Gasteiger partial charge < -0.3 is 27.4 Å². The lowest BCUT2D eigenvalue weighted by atomic mass is 10.9. The van der Waals surface area contributed by atoms with Gasteiger partial charge in [-0.2, -0.15) is 15.0 Å². The first-order valence-corrected chi connectivity index (χ1v) is 2.86. The van der Waals surface area contributed by atoms with Crippen molar-refractivity contribution in [2.75, 3.05) is 17.2 Å². The molecular formula is C4H8N6O3. The van der Waals surface area contributed by atoms with E-state index in [-0.39, 0.29) is 17.8 Å². The number of hydrogen-bond acceptors (Lipinski definition) is 7. The smallest absolute Gasteiger partial charge is 0.450 e. The summed E-state index contributed by atoms with van der Waals surface area (Å²) in [4.78, 5) is 19.0. The molecule has 0 radical (unpaired) electrons. The molecule has 0 saturated carbocycles. The summed E-state index contributed by atoms with van der Waals surface area (Å²) < 4.78 is 0. The largest absolute Gasteiger partial charge is 0.503 e. The molecule has 1 rings (SSSR count). The van der Waals surface area contributed by atoms with Crippen LogP contribution in [-0.4, -0.2) is 31.3 Å². The van der Waals surface area contributed by atoms with Gasteiger partial charge in [-0.1, -0.05) is 0 Å². The van der Waals surface area contributed by atoms with E-state index < -0.39 is 6.16 Å². The van der Waals surface area contributed by atoms with Crippen LogP contribution in [0.4, 0.5) is 22.6 Å². The van der Waals surface area contributed by atoms with Crippen LogP contribution in [0, 0.1) is 0 Å². The Kier molecular flexibility index (Phi) is 3.73. The second-order valence-electron chi connectivity index (χ2n) is 1.69. The Bertz CT molecular complexity index is 247. The average Bonchev–Trinajstić information content (AvgIpc) is 1.80. The van der Waals surface area contributed by atoms with Crippen molar-refractivity contribution in [3.8, 4) is 0 Å². The maximum absolute atomic E-state index is 8.56. The predicted octanol–water partition coefficient (Wildman–Crippen LogP) is -1.16. The Morgan fingerprint density at radius 1 is 0.923 bits per heavy atom. The minimum atomic E-state index is -1.83. The van der Waals surface area contributed by atoms with Crippen molar-refractivity contribution >= 4 is 24.0 Å². The van der Waals surface area contributed by atoms with Crippen LogP contribution in [0.2, 0.25) is 0 Å². The molecule has 0 aliphatic rings. The summed E-state index contributed by atoms with van der Waals surface area (Å²) in [7, 11) is 0. The van der Waals surface area contributed by atoms with E-state index in [2.05, 4.69) is 15.0 Å². The fraction of sp³-hybridized carbons (Fsp3) is 0. The molecule has 0 fully saturated rings. The molecule has 0 bridgehead atoms. The summed E-state index contributed by atoms with van der Waals surface area (Å²) in [6, 6.07) is 0. The molecule has 0 spiro atoms. The molecule has 0 aliphatic heterocycles. The zero-order valence-corrected chi connectivity index (χ0v) is 6.38. The molecule has 0 amide bonds. The van der Waals surface area contributed by atoms with E-state index in [9.17, 15) is 0 Å². The number of aromatic nitrogens is 3. The van der Waals surface area contributed by atoms with Gasteiger partial charge >= 0.3 is 6.16 Å². The predicted molar refractivity (Wildman–Crippen MR) is 43.7 cm³/mol. The van der Waals surface area contributed by atoms with E-state index in [1.165, 1.54) is 0 Å². The molecule has 1 heterocycles. The highest BCUT2D eigenvalue weighted by Gasteiger charge is 1.93. The normalized spacial score (nSPS) is 8.31. The summed E-state index contributed by atoms with van der Waals surface area (Å²) in [6.45, 7) is 0. The molecule has 0 atom stereocenters. The SMILES string of the molecule is Nc1nc(N)nc(N)n1.O=C(O)O. The van der Waals surface area contributed by atoms with Crippen LogP contribution >= 0.6 is 0 Å². The van der Waals surface area contributed by atoms with Gasteiger partial charge in [0.1, 0.15) is 0 Å². The molecule has 72 valence electrons. The van der Waals surface area contributed by atoms with E-state index in [4.69, 9.17) is 32.2 Å². The van der Waals surface area contributed by atoms with Crippen LogP contribution in [0.3, 0.4) is 0 Å². The van der Waals surface area contributed by atoms with Crippen LogP contribution in [0.1, 0.15) is 0 Å². The third-order valence-electron chi connectivity index (χ3n) is 0.687. The Morgan fingerprint density at radius 3 is 1.23 bits per heavy atom. The van der Waals surface area contributed by atoms with Gasteiger partial charge in [-0.15, -0.1) is 0 Å². The van der Waals surface area contributed by atoms with Gasteiger partial charge in [0.05, 0.1) is 0 Å². The lowest BCUT2D eigenvalue weighted by Crippen LogP contribution is -2.05. The van der Waals surface area contributed by atoms with E-state index in [0.717, 1.165) is 0 Å². The van der Waals surface area contributed by atoms with E-state index >= 15 is 0 Å². The van der Waals surface area contributed by atoms with Gasteiger partial charge in [-0.25, -0.2) is 4.79 Å². The summed E-state index contributed by atoms with van der Waals surface area (Å²) in [5.41, 5.74) is 15.4. The average molecular weight is 188 g/mol. The lowest BCUT2D eigenvalue weighted by molar-refractivity contribution is 0.137. The Morgan fingerprint density at radius 2 is 1.08 bits per heavy atom. The van der Waals surface area contributed by atoms with Gasteiger partial charge in [0, 0.05) is 0 Å². The fourth-order valence-corrected chi connectivity index (χ4v) is 0.427. The molecule has 1 aromatic heterocycles. The van der Waals surface area contributed by atoms with Gasteiger partial charge in [0.2, 0.25) is 17.8 Å². The molecule has 0 aromatic carbocycles. The molecule has 0 aliphatic carbocycles. The number of nitrogen functional groups attached to an aromatic ring is 3. The zero-order chi connectivity index (χ0) is 10.4. The maximum Gasteiger partial charge on any atom is 0.503 e. The Hall–Kier alpha value is -2.32. The van der Waals surface area contributed by atoms with E-state index in [0.29, 0.717) is 0 Å². The molecule has 0 unspecified atom stereocenters. The van der Waals surface area contributed by atoms with Crippen LogP contribution in [0.25, 0.3) is 0 Å². The summed E-state index contributed by atoms with van der Waals surface area (Å²) in [5, 5.41) is 13.9. The number of hydrogen-bond donors (Lipinski definition) is 5. The fourth-order valence-electron chi connectivity index (χ4n) is 0.427. The number of rotatable bonds is 0. The second kappa shape index (κ2) is 4.54. The van der Waals surface area contributed by atoms with Crippen molar-refractivity contribution in [1.29, 1.82) is 0 Å². The minimum absolute atomic E-state index is 0.0417. The van der Waals surface area contributed by atoms with Crippen LogP contribution in [0.15, 0.2) is 0 Å². The molecule has 13 heavy (non-hydrogen) atoms. The molecular weight excluding hydrogens is 180 g/mol. The molecule has 8 N–H and O–H groups in total. The molecule has 9 heteroatoms. The number of carboxylic acid groups (broad SMARTS) is 2. The van der Waals surface area contributed by atoms with E-state index in [1.807, 2.05) is 0 Å². The van der Waals surface area contributed by atoms with Gasteiger partial charge in [-0.3, -0.25) is 0 Å². The number of nitrogens with zero attached hydrogens (tertiary/aromatic N) is 3. The second-order valence-corrected chi connectivity index (χ2v) is 1.69. The van der Waals surface area contributed by atoms with Crippen molar-refractivity contribution in [3.05, 3.63) is 0 Å². The Balaban J connectivity index is 0.000000310. The van der Waals surface area contributed by atoms with Crippen molar-refractivity contribution in [2.45, 2.75) is 0 Å². The monoisotopic (exact) mass is 188 g/mol. The first-order valence-electron chi connectivity index (χ1n) is 2.86. The van der Waals surface area contributed by atoms with Crippen LogP contribution in [0.5, 0.6) is 0 Å². The van der Waals surface area contributed by atoms with Crippen molar-refractivity contribution in [3.63, 3.8) is 0 Å². The highest BCUT2D eigenvalue weighted by molar-refractivity contribution is 5.53. The van der Waals surface area contributed by atoms with E-state index in [1.54, 1.807) is 0 Å². The standard InChI is InChI=1S/C3H6N6.CH2O3/c4-1-7-2(5)9-3(6)8-1;2-1(3)4/h(H6,4,5,6,7,8,9);(H2,2,3,4). The molecule has 9 nitrogen and oxygen atoms in total. The van der Waals surface area contributed by atoms with Gasteiger partial charge in [-0.05, 0) is 0 Å². The summed E-state index contributed by atoms with van der Waals surface area (Å²) >= 11 is 0. The quantitative estimate of drug-likeness (QED) is 0.336. The number of carbonyl (C=O) groups is 1. The van der Waals surface area contributed by atoms with Crippen LogP contribution < -0.4 is 17.2 Å². The summed E-state index contributed by atoms with van der Waals surface area (Å²) in [6.07, 6.45) is -1.83. The molecule has 1 aromatic rings. The topological polar surface area (TPSA) is 174 Å².